The van der Waals surface area contributed by atoms with Gasteiger partial charge in [-0.3, -0.25) is 0 Å². The summed E-state index contributed by atoms with van der Waals surface area (Å²) in [5.74, 6) is 0.450. The van der Waals surface area contributed by atoms with Gasteiger partial charge in [0.05, 0.1) is 23.1 Å². The lowest BCUT2D eigenvalue weighted by Gasteiger charge is -2.31. The molecule has 0 bridgehead atoms. The number of aromatic nitrogens is 2. The maximum atomic E-state index is 12.8. The number of nitrogens with two attached hydrogens (primary N) is 2. The van der Waals surface area contributed by atoms with E-state index in [2.05, 4.69) is 9.97 Å². The van der Waals surface area contributed by atoms with Crippen LogP contribution in [0.4, 0.5) is 11.8 Å². The molecule has 30 heavy (non-hydrogen) atoms. The molecule has 2 aromatic carbocycles. The van der Waals surface area contributed by atoms with Crippen LogP contribution in [0.5, 0.6) is 0 Å². The van der Waals surface area contributed by atoms with E-state index in [0.29, 0.717) is 48.9 Å². The Kier molecular flexibility index (Phi) is 5.79. The van der Waals surface area contributed by atoms with E-state index in [-0.39, 0.29) is 16.9 Å². The monoisotopic (exact) mass is 447 g/mol. The van der Waals surface area contributed by atoms with Gasteiger partial charge in [-0.05, 0) is 42.7 Å². The Morgan fingerprint density at radius 2 is 1.83 bits per heavy atom. The van der Waals surface area contributed by atoms with Crippen molar-refractivity contribution in [2.45, 2.75) is 30.4 Å². The molecule has 1 saturated heterocycles. The largest absolute Gasteiger partial charge is 0.383 e. The number of nitrogen functional groups attached to an aromatic ring is 2. The highest BCUT2D eigenvalue weighted by Crippen LogP contribution is 2.27. The van der Waals surface area contributed by atoms with Crippen LogP contribution in [0.1, 0.15) is 18.4 Å². The average Bonchev–Trinajstić information content (AvgIpc) is 2.72. The summed E-state index contributed by atoms with van der Waals surface area (Å²) in [7, 11) is -3.57. The lowest BCUT2D eigenvalue weighted by molar-refractivity contribution is 0.0107. The molecule has 0 spiro atoms. The minimum atomic E-state index is -3.57. The van der Waals surface area contributed by atoms with Crippen LogP contribution in [-0.4, -0.2) is 41.9 Å². The third-order valence-corrected chi connectivity index (χ3v) is 7.29. The summed E-state index contributed by atoms with van der Waals surface area (Å²) < 4.78 is 33.2. The number of fused-ring (bicyclic) bond motifs is 1. The van der Waals surface area contributed by atoms with Gasteiger partial charge in [0.2, 0.25) is 16.0 Å². The SMILES string of the molecule is Nc1nc(N)c2c(COC3CCN(S(=O)(=O)c4cccc(Cl)c4)CC3)cccc2n1. The molecule has 1 aliphatic heterocycles. The van der Waals surface area contributed by atoms with Crippen molar-refractivity contribution in [3.63, 3.8) is 0 Å². The number of sulfonamides is 1. The summed E-state index contributed by atoms with van der Waals surface area (Å²) in [6, 6.07) is 11.9. The number of hydrogen-bond acceptors (Lipinski definition) is 7. The van der Waals surface area contributed by atoms with E-state index in [0.717, 1.165) is 10.9 Å². The summed E-state index contributed by atoms with van der Waals surface area (Å²) in [6.07, 6.45) is 1.15. The van der Waals surface area contributed by atoms with E-state index in [1.54, 1.807) is 18.2 Å². The van der Waals surface area contributed by atoms with Crippen LogP contribution in [0.25, 0.3) is 10.9 Å². The lowest BCUT2D eigenvalue weighted by Crippen LogP contribution is -2.40. The normalized spacial score (nSPS) is 16.2. The van der Waals surface area contributed by atoms with Gasteiger partial charge in [0.25, 0.3) is 0 Å². The Morgan fingerprint density at radius 1 is 1.10 bits per heavy atom. The molecule has 0 radical (unpaired) electrons. The first-order valence-electron chi connectivity index (χ1n) is 9.52. The Bertz CT molecular complexity index is 1180. The lowest BCUT2D eigenvalue weighted by atomic mass is 10.1. The van der Waals surface area contributed by atoms with Crippen LogP contribution in [0.2, 0.25) is 5.02 Å². The number of halogens is 1. The van der Waals surface area contributed by atoms with E-state index in [9.17, 15) is 8.42 Å². The number of anilines is 2. The molecule has 10 heteroatoms. The first kappa shape index (κ1) is 20.8. The maximum absolute atomic E-state index is 12.8. The molecule has 0 atom stereocenters. The molecule has 0 unspecified atom stereocenters. The van der Waals surface area contributed by atoms with Crippen molar-refractivity contribution in [2.75, 3.05) is 24.6 Å². The van der Waals surface area contributed by atoms with Crippen molar-refractivity contribution in [1.82, 2.24) is 14.3 Å². The fourth-order valence-electron chi connectivity index (χ4n) is 3.65. The Labute approximate surface area is 179 Å². The minimum Gasteiger partial charge on any atom is -0.383 e. The molecule has 8 nitrogen and oxygen atoms in total. The van der Waals surface area contributed by atoms with Gasteiger partial charge < -0.3 is 16.2 Å². The summed E-state index contributed by atoms with van der Waals surface area (Å²) in [5, 5.41) is 1.13. The minimum absolute atomic E-state index is 0.0537. The van der Waals surface area contributed by atoms with Crippen molar-refractivity contribution in [2.24, 2.45) is 0 Å². The molecule has 4 rings (SSSR count). The van der Waals surface area contributed by atoms with Crippen LogP contribution >= 0.6 is 11.6 Å². The van der Waals surface area contributed by atoms with Gasteiger partial charge in [0, 0.05) is 23.5 Å². The van der Waals surface area contributed by atoms with Crippen molar-refractivity contribution < 1.29 is 13.2 Å². The van der Waals surface area contributed by atoms with E-state index in [1.807, 2.05) is 18.2 Å². The first-order valence-corrected chi connectivity index (χ1v) is 11.3. The molecule has 0 aliphatic carbocycles. The summed E-state index contributed by atoms with van der Waals surface area (Å²) in [4.78, 5) is 8.46. The number of nitrogens with zero attached hydrogens (tertiary/aromatic N) is 3. The molecule has 0 saturated carbocycles. The van der Waals surface area contributed by atoms with Gasteiger partial charge in [-0.25, -0.2) is 13.4 Å². The van der Waals surface area contributed by atoms with Gasteiger partial charge in [-0.1, -0.05) is 29.8 Å². The average molecular weight is 448 g/mol. The zero-order chi connectivity index (χ0) is 21.3. The second-order valence-corrected chi connectivity index (χ2v) is 9.52. The topological polar surface area (TPSA) is 124 Å². The fraction of sp³-hybridized carbons (Fsp3) is 0.300. The van der Waals surface area contributed by atoms with E-state index < -0.39 is 10.0 Å². The van der Waals surface area contributed by atoms with E-state index in [4.69, 9.17) is 27.8 Å². The van der Waals surface area contributed by atoms with Crippen LogP contribution in [-0.2, 0) is 21.4 Å². The van der Waals surface area contributed by atoms with Gasteiger partial charge in [0.15, 0.2) is 0 Å². The molecule has 4 N–H and O–H groups in total. The van der Waals surface area contributed by atoms with Crippen molar-refractivity contribution >= 4 is 44.3 Å². The zero-order valence-corrected chi connectivity index (χ0v) is 17.7. The van der Waals surface area contributed by atoms with Gasteiger partial charge >= 0.3 is 0 Å². The molecule has 2 heterocycles. The number of rotatable bonds is 5. The third kappa shape index (κ3) is 4.20. The number of ether oxygens (including phenoxy) is 1. The Morgan fingerprint density at radius 3 is 2.57 bits per heavy atom. The first-order chi connectivity index (χ1) is 14.3. The molecule has 3 aromatic rings. The smallest absolute Gasteiger partial charge is 0.243 e. The molecule has 158 valence electrons. The van der Waals surface area contributed by atoms with Gasteiger partial charge in [-0.2, -0.15) is 9.29 Å². The predicted molar refractivity (Wildman–Crippen MR) is 116 cm³/mol. The molecule has 1 aromatic heterocycles. The van der Waals surface area contributed by atoms with E-state index in [1.165, 1.54) is 10.4 Å². The standard InChI is InChI=1S/C20H22ClN5O3S/c21-14-4-2-5-16(11-14)30(27,28)26-9-7-15(8-10-26)29-12-13-3-1-6-17-18(13)19(22)25-20(23)24-17/h1-6,11,15H,7-10,12H2,(H4,22,23,24,25). The number of hydrogen-bond donors (Lipinski definition) is 2. The van der Waals surface area contributed by atoms with Crippen molar-refractivity contribution in [1.29, 1.82) is 0 Å². The Hall–Kier alpha value is -2.46. The quantitative estimate of drug-likeness (QED) is 0.616. The summed E-state index contributed by atoms with van der Waals surface area (Å²) in [6.45, 7) is 1.11. The predicted octanol–water partition coefficient (Wildman–Crippen LogP) is 2.82. The molecule has 1 aliphatic rings. The highest BCUT2D eigenvalue weighted by molar-refractivity contribution is 7.89. The second kappa shape index (κ2) is 8.35. The van der Waals surface area contributed by atoms with Crippen molar-refractivity contribution in [3.05, 3.63) is 53.1 Å². The third-order valence-electron chi connectivity index (χ3n) is 5.16. The molecule has 1 fully saturated rings. The van der Waals surface area contributed by atoms with Crippen molar-refractivity contribution in [3.8, 4) is 0 Å². The molecular weight excluding hydrogens is 426 g/mol. The molecular formula is C20H22ClN5O3S. The number of piperidine rings is 1. The van der Waals surface area contributed by atoms with E-state index >= 15 is 0 Å². The van der Waals surface area contributed by atoms with Gasteiger partial charge in [-0.15, -0.1) is 0 Å². The van der Waals surface area contributed by atoms with Crippen LogP contribution in [0.15, 0.2) is 47.4 Å². The van der Waals surface area contributed by atoms with Crippen LogP contribution < -0.4 is 11.5 Å². The number of benzene rings is 2. The highest BCUT2D eigenvalue weighted by atomic mass is 35.5. The van der Waals surface area contributed by atoms with Gasteiger partial charge in [0.1, 0.15) is 5.82 Å². The fourth-order valence-corrected chi connectivity index (χ4v) is 5.42. The maximum Gasteiger partial charge on any atom is 0.243 e. The highest BCUT2D eigenvalue weighted by Gasteiger charge is 2.30. The summed E-state index contributed by atoms with van der Waals surface area (Å²) >= 11 is 5.95. The molecule has 0 amide bonds. The summed E-state index contributed by atoms with van der Waals surface area (Å²) in [5.41, 5.74) is 13.2. The van der Waals surface area contributed by atoms with Crippen LogP contribution in [0.3, 0.4) is 0 Å². The second-order valence-electron chi connectivity index (χ2n) is 7.15. The Balaban J connectivity index is 1.41. The van der Waals surface area contributed by atoms with Crippen LogP contribution in [0, 0.1) is 0 Å². The zero-order valence-electron chi connectivity index (χ0n) is 16.2.